The maximum atomic E-state index is 8.36. The van der Waals surface area contributed by atoms with Crippen LogP contribution in [-0.2, 0) is 0 Å². The van der Waals surface area contributed by atoms with Crippen molar-refractivity contribution in [2.45, 2.75) is 26.2 Å². The molecule has 1 heteroatoms. The van der Waals surface area contributed by atoms with Gasteiger partial charge in [0.25, 0.3) is 0 Å². The van der Waals surface area contributed by atoms with Crippen LogP contribution in [0.5, 0.6) is 0 Å². The summed E-state index contributed by atoms with van der Waals surface area (Å²) in [5.74, 6) is 0.652. The van der Waals surface area contributed by atoms with Crippen LogP contribution in [0, 0.1) is 17.2 Å². The molecule has 68 valence electrons. The Balaban J connectivity index is 2.53. The van der Waals surface area contributed by atoms with Crippen LogP contribution in [0.15, 0.2) is 36.0 Å². The van der Waals surface area contributed by atoms with Crippen molar-refractivity contribution in [2.24, 2.45) is 5.92 Å². The zero-order valence-corrected chi connectivity index (χ0v) is 8.09. The Morgan fingerprint density at radius 2 is 2.54 bits per heavy atom. The number of allylic oxidation sites excluding steroid dienone is 5. The fourth-order valence-corrected chi connectivity index (χ4v) is 1.60. The van der Waals surface area contributed by atoms with Crippen LogP contribution < -0.4 is 0 Å². The Bertz CT molecular complexity index is 289. The summed E-state index contributed by atoms with van der Waals surface area (Å²) in [6.45, 7) is 6.06. The van der Waals surface area contributed by atoms with Crippen LogP contribution >= 0.6 is 0 Å². The molecule has 0 radical (unpaired) electrons. The first-order chi connectivity index (χ1) is 6.24. The van der Waals surface area contributed by atoms with E-state index in [0.29, 0.717) is 5.92 Å². The summed E-state index contributed by atoms with van der Waals surface area (Å²) in [7, 11) is 0. The quantitative estimate of drug-likeness (QED) is 0.464. The van der Waals surface area contributed by atoms with Crippen molar-refractivity contribution in [3.63, 3.8) is 0 Å². The van der Waals surface area contributed by atoms with Gasteiger partial charge in [0.1, 0.15) is 0 Å². The lowest BCUT2D eigenvalue weighted by molar-refractivity contribution is 0.545. The maximum absolute atomic E-state index is 8.36. The van der Waals surface area contributed by atoms with Crippen LogP contribution in [0.25, 0.3) is 0 Å². The summed E-state index contributed by atoms with van der Waals surface area (Å²) in [5.41, 5.74) is 2.57. The van der Waals surface area contributed by atoms with Crippen LogP contribution in [0.3, 0.4) is 0 Å². The lowest BCUT2D eigenvalue weighted by Crippen LogP contribution is -2.05. The molecule has 1 aliphatic rings. The van der Waals surface area contributed by atoms with Gasteiger partial charge in [0.15, 0.2) is 0 Å². The van der Waals surface area contributed by atoms with Gasteiger partial charge in [-0.1, -0.05) is 23.8 Å². The first-order valence-electron chi connectivity index (χ1n) is 4.64. The standard InChI is InChI=1S/C12H15N/c1-10(2)12-7-5-11(6-8-12)4-3-9-13/h3-5,12H,1,6-8H2,2H3/b4-3+. The molecule has 0 saturated heterocycles. The predicted molar refractivity (Wildman–Crippen MR) is 55.0 cm³/mol. The average Bonchev–Trinajstić information content (AvgIpc) is 2.15. The molecule has 0 aromatic carbocycles. The molecule has 1 aliphatic carbocycles. The zero-order valence-electron chi connectivity index (χ0n) is 8.09. The van der Waals surface area contributed by atoms with Crippen molar-refractivity contribution in [3.8, 4) is 6.07 Å². The molecule has 0 spiro atoms. The second-order valence-corrected chi connectivity index (χ2v) is 3.56. The Kier molecular flexibility index (Phi) is 3.52. The fraction of sp³-hybridized carbons (Fsp3) is 0.417. The lowest BCUT2D eigenvalue weighted by Gasteiger charge is -2.20. The molecule has 0 N–H and O–H groups in total. The SMILES string of the molecule is C=C(C)C1CC=C(/C=C/C#N)CC1. The predicted octanol–water partition coefficient (Wildman–Crippen LogP) is 3.37. The molecule has 0 aliphatic heterocycles. The van der Waals surface area contributed by atoms with E-state index >= 15 is 0 Å². The van der Waals surface area contributed by atoms with Crippen molar-refractivity contribution in [2.75, 3.05) is 0 Å². The highest BCUT2D eigenvalue weighted by molar-refractivity contribution is 5.25. The first-order valence-corrected chi connectivity index (χ1v) is 4.64. The van der Waals surface area contributed by atoms with Crippen molar-refractivity contribution < 1.29 is 0 Å². The molecule has 0 saturated carbocycles. The lowest BCUT2D eigenvalue weighted by atomic mass is 9.85. The third-order valence-electron chi connectivity index (χ3n) is 2.51. The molecule has 1 unspecified atom stereocenters. The molecule has 0 bridgehead atoms. The van der Waals surface area contributed by atoms with Gasteiger partial charge in [-0.05, 0) is 38.2 Å². The van der Waals surface area contributed by atoms with Gasteiger partial charge in [0, 0.05) is 6.08 Å². The zero-order chi connectivity index (χ0) is 9.68. The topological polar surface area (TPSA) is 23.8 Å². The van der Waals surface area contributed by atoms with E-state index in [1.54, 1.807) is 6.08 Å². The third-order valence-corrected chi connectivity index (χ3v) is 2.51. The van der Waals surface area contributed by atoms with E-state index < -0.39 is 0 Å². The van der Waals surface area contributed by atoms with Gasteiger partial charge in [0.2, 0.25) is 0 Å². The third kappa shape index (κ3) is 2.91. The van der Waals surface area contributed by atoms with E-state index in [1.165, 1.54) is 17.6 Å². The van der Waals surface area contributed by atoms with E-state index in [0.717, 1.165) is 12.8 Å². The minimum absolute atomic E-state index is 0.652. The molecule has 1 rings (SSSR count). The Labute approximate surface area is 80.1 Å². The monoisotopic (exact) mass is 173 g/mol. The van der Waals surface area contributed by atoms with Crippen molar-refractivity contribution in [1.29, 1.82) is 5.26 Å². The minimum atomic E-state index is 0.652. The second kappa shape index (κ2) is 4.67. The smallest absolute Gasteiger partial charge is 0.0912 e. The number of hydrogen-bond donors (Lipinski definition) is 0. The molecular formula is C12H15N. The maximum Gasteiger partial charge on any atom is 0.0912 e. The molecule has 0 heterocycles. The molecule has 0 aromatic heterocycles. The molecule has 0 fully saturated rings. The van der Waals surface area contributed by atoms with E-state index in [9.17, 15) is 0 Å². The first kappa shape index (κ1) is 9.80. The van der Waals surface area contributed by atoms with Gasteiger partial charge < -0.3 is 0 Å². The summed E-state index contributed by atoms with van der Waals surface area (Å²) in [5, 5.41) is 8.36. The van der Waals surface area contributed by atoms with Gasteiger partial charge in [-0.25, -0.2) is 0 Å². The van der Waals surface area contributed by atoms with Crippen molar-refractivity contribution in [3.05, 3.63) is 36.0 Å². The van der Waals surface area contributed by atoms with E-state index in [1.807, 2.05) is 12.1 Å². The average molecular weight is 173 g/mol. The fourth-order valence-electron chi connectivity index (χ4n) is 1.60. The normalized spacial score (nSPS) is 22.5. The Morgan fingerprint density at radius 1 is 1.77 bits per heavy atom. The second-order valence-electron chi connectivity index (χ2n) is 3.56. The summed E-state index contributed by atoms with van der Waals surface area (Å²) >= 11 is 0. The van der Waals surface area contributed by atoms with Gasteiger partial charge in [-0.3, -0.25) is 0 Å². The van der Waals surface area contributed by atoms with Crippen LogP contribution in [-0.4, -0.2) is 0 Å². The number of nitriles is 1. The van der Waals surface area contributed by atoms with Gasteiger partial charge in [-0.15, -0.1) is 0 Å². The Hall–Kier alpha value is -1.29. The van der Waals surface area contributed by atoms with Crippen LogP contribution in [0.4, 0.5) is 0 Å². The summed E-state index contributed by atoms with van der Waals surface area (Å²) in [4.78, 5) is 0. The molecule has 1 nitrogen and oxygen atoms in total. The van der Waals surface area contributed by atoms with E-state index in [-0.39, 0.29) is 0 Å². The van der Waals surface area contributed by atoms with E-state index in [4.69, 9.17) is 5.26 Å². The van der Waals surface area contributed by atoms with Gasteiger partial charge >= 0.3 is 0 Å². The molecule has 1 atom stereocenters. The minimum Gasteiger partial charge on any atom is -0.193 e. The summed E-state index contributed by atoms with van der Waals surface area (Å²) in [6, 6.07) is 2.01. The molecule has 13 heavy (non-hydrogen) atoms. The highest BCUT2D eigenvalue weighted by Crippen LogP contribution is 2.28. The highest BCUT2D eigenvalue weighted by Gasteiger charge is 2.12. The summed E-state index contributed by atoms with van der Waals surface area (Å²) in [6.07, 6.45) is 9.02. The van der Waals surface area contributed by atoms with Crippen LogP contribution in [0.2, 0.25) is 0 Å². The van der Waals surface area contributed by atoms with Crippen molar-refractivity contribution in [1.82, 2.24) is 0 Å². The van der Waals surface area contributed by atoms with Gasteiger partial charge in [0.05, 0.1) is 6.07 Å². The largest absolute Gasteiger partial charge is 0.193 e. The van der Waals surface area contributed by atoms with Crippen LogP contribution in [0.1, 0.15) is 26.2 Å². The molecule has 0 aromatic rings. The molecular weight excluding hydrogens is 158 g/mol. The number of rotatable bonds is 2. The number of hydrogen-bond acceptors (Lipinski definition) is 1. The van der Waals surface area contributed by atoms with Crippen molar-refractivity contribution >= 4 is 0 Å². The Morgan fingerprint density at radius 3 is 3.00 bits per heavy atom. The highest BCUT2D eigenvalue weighted by atomic mass is 14.2. The molecule has 0 amide bonds. The van der Waals surface area contributed by atoms with Gasteiger partial charge in [-0.2, -0.15) is 5.26 Å². The summed E-state index contributed by atoms with van der Waals surface area (Å²) < 4.78 is 0. The van der Waals surface area contributed by atoms with E-state index in [2.05, 4.69) is 19.6 Å². The number of nitrogens with zero attached hydrogens (tertiary/aromatic N) is 1.